The van der Waals surface area contributed by atoms with Crippen molar-refractivity contribution in [1.82, 2.24) is 16.0 Å². The SMILES string of the molecule is CNC(=O)c1ccc(CNC(=O)CNC(=O)c2ccc(C)c(C)c2)cc1. The van der Waals surface area contributed by atoms with Crippen molar-refractivity contribution in [1.29, 1.82) is 0 Å². The highest BCUT2D eigenvalue weighted by Crippen LogP contribution is 2.09. The van der Waals surface area contributed by atoms with Crippen molar-refractivity contribution in [2.24, 2.45) is 0 Å². The topological polar surface area (TPSA) is 87.3 Å². The number of hydrogen-bond donors (Lipinski definition) is 3. The largest absolute Gasteiger partial charge is 0.355 e. The maximum Gasteiger partial charge on any atom is 0.251 e. The maximum absolute atomic E-state index is 12.1. The van der Waals surface area contributed by atoms with Gasteiger partial charge < -0.3 is 16.0 Å². The second-order valence-corrected chi connectivity index (χ2v) is 6.03. The monoisotopic (exact) mass is 353 g/mol. The van der Waals surface area contributed by atoms with E-state index in [-0.39, 0.29) is 24.3 Å². The van der Waals surface area contributed by atoms with Crippen LogP contribution in [0.1, 0.15) is 37.4 Å². The van der Waals surface area contributed by atoms with Gasteiger partial charge in [0.05, 0.1) is 6.54 Å². The Morgan fingerprint density at radius 2 is 1.46 bits per heavy atom. The lowest BCUT2D eigenvalue weighted by molar-refractivity contribution is -0.120. The molecule has 3 amide bonds. The number of amides is 3. The Hall–Kier alpha value is -3.15. The lowest BCUT2D eigenvalue weighted by Gasteiger charge is -2.09. The Morgan fingerprint density at radius 1 is 0.808 bits per heavy atom. The molecule has 2 aromatic rings. The third-order valence-corrected chi connectivity index (χ3v) is 4.11. The fraction of sp³-hybridized carbons (Fsp3) is 0.250. The highest BCUT2D eigenvalue weighted by molar-refractivity contribution is 5.96. The van der Waals surface area contributed by atoms with Crippen LogP contribution in [-0.4, -0.2) is 31.3 Å². The van der Waals surface area contributed by atoms with Crippen molar-refractivity contribution in [3.05, 3.63) is 70.3 Å². The summed E-state index contributed by atoms with van der Waals surface area (Å²) < 4.78 is 0. The van der Waals surface area contributed by atoms with E-state index in [1.54, 1.807) is 43.4 Å². The molecule has 0 aliphatic heterocycles. The molecule has 0 atom stereocenters. The van der Waals surface area contributed by atoms with E-state index in [0.717, 1.165) is 16.7 Å². The van der Waals surface area contributed by atoms with Crippen LogP contribution in [0.3, 0.4) is 0 Å². The number of carbonyl (C=O) groups excluding carboxylic acids is 3. The molecular formula is C20H23N3O3. The summed E-state index contributed by atoms with van der Waals surface area (Å²) in [5.41, 5.74) is 4.10. The van der Waals surface area contributed by atoms with Gasteiger partial charge in [-0.05, 0) is 54.8 Å². The number of nitrogens with one attached hydrogen (secondary N) is 3. The summed E-state index contributed by atoms with van der Waals surface area (Å²) in [5, 5.41) is 7.89. The molecule has 26 heavy (non-hydrogen) atoms. The number of aryl methyl sites for hydroxylation is 2. The van der Waals surface area contributed by atoms with Crippen molar-refractivity contribution >= 4 is 17.7 Å². The lowest BCUT2D eigenvalue weighted by atomic mass is 10.1. The van der Waals surface area contributed by atoms with Crippen LogP contribution in [0, 0.1) is 13.8 Å². The van der Waals surface area contributed by atoms with E-state index in [2.05, 4.69) is 16.0 Å². The molecule has 0 saturated carbocycles. The van der Waals surface area contributed by atoms with Crippen LogP contribution in [0.2, 0.25) is 0 Å². The van der Waals surface area contributed by atoms with Gasteiger partial charge in [-0.2, -0.15) is 0 Å². The average Bonchev–Trinajstić information content (AvgIpc) is 2.66. The predicted molar refractivity (Wildman–Crippen MR) is 99.9 cm³/mol. The molecule has 136 valence electrons. The molecule has 2 aromatic carbocycles. The van der Waals surface area contributed by atoms with Gasteiger partial charge in [-0.25, -0.2) is 0 Å². The fourth-order valence-corrected chi connectivity index (χ4v) is 2.33. The zero-order valence-electron chi connectivity index (χ0n) is 15.2. The van der Waals surface area contributed by atoms with Crippen molar-refractivity contribution in [3.8, 4) is 0 Å². The van der Waals surface area contributed by atoms with Crippen LogP contribution in [0.5, 0.6) is 0 Å². The second-order valence-electron chi connectivity index (χ2n) is 6.03. The number of hydrogen-bond acceptors (Lipinski definition) is 3. The van der Waals surface area contributed by atoms with Gasteiger partial charge in [0.25, 0.3) is 11.8 Å². The Bertz CT molecular complexity index is 814. The van der Waals surface area contributed by atoms with Gasteiger partial charge in [0.2, 0.25) is 5.91 Å². The molecule has 0 aromatic heterocycles. The first-order chi connectivity index (χ1) is 12.4. The summed E-state index contributed by atoms with van der Waals surface area (Å²) in [6.45, 7) is 4.15. The molecule has 2 rings (SSSR count). The van der Waals surface area contributed by atoms with Gasteiger partial charge in [-0.1, -0.05) is 18.2 Å². The molecule has 0 saturated heterocycles. The van der Waals surface area contributed by atoms with E-state index in [9.17, 15) is 14.4 Å². The smallest absolute Gasteiger partial charge is 0.251 e. The van der Waals surface area contributed by atoms with Gasteiger partial charge in [-0.3, -0.25) is 14.4 Å². The summed E-state index contributed by atoms with van der Waals surface area (Å²) in [5.74, 6) is -0.717. The summed E-state index contributed by atoms with van der Waals surface area (Å²) in [6.07, 6.45) is 0. The quantitative estimate of drug-likeness (QED) is 0.739. The Balaban J connectivity index is 1.80. The Morgan fingerprint density at radius 3 is 2.08 bits per heavy atom. The van der Waals surface area contributed by atoms with Gasteiger partial charge in [-0.15, -0.1) is 0 Å². The summed E-state index contributed by atoms with van der Waals surface area (Å²) in [6, 6.07) is 12.4. The molecule has 0 heterocycles. The van der Waals surface area contributed by atoms with E-state index in [1.807, 2.05) is 19.9 Å². The van der Waals surface area contributed by atoms with Crippen molar-refractivity contribution < 1.29 is 14.4 Å². The molecule has 0 radical (unpaired) electrons. The van der Waals surface area contributed by atoms with E-state index in [0.29, 0.717) is 17.7 Å². The van der Waals surface area contributed by atoms with Crippen LogP contribution >= 0.6 is 0 Å². The Labute approximate surface area is 153 Å². The molecular weight excluding hydrogens is 330 g/mol. The summed E-state index contributed by atoms with van der Waals surface area (Å²) in [7, 11) is 1.57. The van der Waals surface area contributed by atoms with Crippen LogP contribution in [0.15, 0.2) is 42.5 Å². The standard InChI is InChI=1S/C20H23N3O3/c1-13-4-7-17(10-14(13)2)20(26)23-12-18(24)22-11-15-5-8-16(9-6-15)19(25)21-3/h4-10H,11-12H2,1-3H3,(H,21,25)(H,22,24)(H,23,26). The zero-order chi connectivity index (χ0) is 19.1. The molecule has 0 spiro atoms. The summed E-state index contributed by atoms with van der Waals surface area (Å²) >= 11 is 0. The summed E-state index contributed by atoms with van der Waals surface area (Å²) in [4.78, 5) is 35.5. The van der Waals surface area contributed by atoms with Crippen molar-refractivity contribution in [2.75, 3.05) is 13.6 Å². The first-order valence-corrected chi connectivity index (χ1v) is 8.34. The van der Waals surface area contributed by atoms with Gasteiger partial charge in [0, 0.05) is 24.7 Å². The van der Waals surface area contributed by atoms with E-state index >= 15 is 0 Å². The number of benzene rings is 2. The van der Waals surface area contributed by atoms with E-state index < -0.39 is 0 Å². The second kappa shape index (κ2) is 8.80. The van der Waals surface area contributed by atoms with Gasteiger partial charge in [0.1, 0.15) is 0 Å². The Kier molecular flexibility index (Phi) is 6.49. The average molecular weight is 353 g/mol. The fourth-order valence-electron chi connectivity index (χ4n) is 2.33. The molecule has 0 aliphatic rings. The van der Waals surface area contributed by atoms with Crippen molar-refractivity contribution in [3.63, 3.8) is 0 Å². The van der Waals surface area contributed by atoms with Crippen LogP contribution in [-0.2, 0) is 11.3 Å². The minimum atomic E-state index is -0.280. The van der Waals surface area contributed by atoms with Crippen LogP contribution in [0.25, 0.3) is 0 Å². The van der Waals surface area contributed by atoms with E-state index in [1.165, 1.54) is 0 Å². The molecule has 0 aliphatic carbocycles. The van der Waals surface area contributed by atoms with Crippen molar-refractivity contribution in [2.45, 2.75) is 20.4 Å². The molecule has 6 heteroatoms. The third kappa shape index (κ3) is 5.17. The third-order valence-electron chi connectivity index (χ3n) is 4.11. The van der Waals surface area contributed by atoms with Crippen LogP contribution in [0.4, 0.5) is 0 Å². The highest BCUT2D eigenvalue weighted by atomic mass is 16.2. The van der Waals surface area contributed by atoms with Crippen LogP contribution < -0.4 is 16.0 Å². The minimum absolute atomic E-state index is 0.0952. The molecule has 3 N–H and O–H groups in total. The normalized spacial score (nSPS) is 10.1. The number of rotatable bonds is 6. The first-order valence-electron chi connectivity index (χ1n) is 8.34. The molecule has 0 unspecified atom stereocenters. The molecule has 6 nitrogen and oxygen atoms in total. The zero-order valence-corrected chi connectivity index (χ0v) is 15.2. The predicted octanol–water partition coefficient (Wildman–Crippen LogP) is 1.71. The highest BCUT2D eigenvalue weighted by Gasteiger charge is 2.09. The van der Waals surface area contributed by atoms with Gasteiger partial charge >= 0.3 is 0 Å². The number of carbonyl (C=O) groups is 3. The minimum Gasteiger partial charge on any atom is -0.355 e. The molecule has 0 bridgehead atoms. The maximum atomic E-state index is 12.1. The lowest BCUT2D eigenvalue weighted by Crippen LogP contribution is -2.36. The molecule has 0 fully saturated rings. The van der Waals surface area contributed by atoms with E-state index in [4.69, 9.17) is 0 Å². The first kappa shape index (κ1) is 19.2. The van der Waals surface area contributed by atoms with Gasteiger partial charge in [0.15, 0.2) is 0 Å².